The molecule has 1 amide bonds. The third-order valence-electron chi connectivity index (χ3n) is 4.65. The number of anilines is 1. The lowest BCUT2D eigenvalue weighted by Gasteiger charge is -2.21. The van der Waals surface area contributed by atoms with E-state index in [0.29, 0.717) is 19.3 Å². The molecule has 1 aliphatic rings. The lowest BCUT2D eigenvalue weighted by Crippen LogP contribution is -2.38. The van der Waals surface area contributed by atoms with Gasteiger partial charge in [-0.3, -0.25) is 4.79 Å². The zero-order valence-electron chi connectivity index (χ0n) is 13.8. The van der Waals surface area contributed by atoms with Gasteiger partial charge in [-0.2, -0.15) is 0 Å². The van der Waals surface area contributed by atoms with Gasteiger partial charge >= 0.3 is 0 Å². The van der Waals surface area contributed by atoms with E-state index in [0.717, 1.165) is 24.2 Å². The Labute approximate surface area is 142 Å². The van der Waals surface area contributed by atoms with Gasteiger partial charge < -0.3 is 15.7 Å². The molecular weight excluding hydrogens is 300 g/mol. The standard InChI is InChI=1S/C20H24N2O2/c21-17(14-15-6-2-1-3-7-15)19(23)10-11-20(24)22-13-12-16-8-4-5-9-18(16)22/h1-9,17,19,23H,10-14,21H2/t17-,19-/m0/s1. The van der Waals surface area contributed by atoms with Crippen molar-refractivity contribution in [2.75, 3.05) is 11.4 Å². The summed E-state index contributed by atoms with van der Waals surface area (Å²) in [6.45, 7) is 0.727. The van der Waals surface area contributed by atoms with Crippen molar-refractivity contribution in [3.8, 4) is 0 Å². The molecule has 2 atom stereocenters. The number of carbonyl (C=O) groups excluding carboxylic acids is 1. The first-order valence-electron chi connectivity index (χ1n) is 8.51. The molecule has 2 aromatic carbocycles. The van der Waals surface area contributed by atoms with Gasteiger partial charge in [0.15, 0.2) is 0 Å². The number of aliphatic hydroxyl groups is 1. The minimum atomic E-state index is -0.674. The molecule has 0 saturated carbocycles. The fourth-order valence-corrected chi connectivity index (χ4v) is 3.24. The summed E-state index contributed by atoms with van der Waals surface area (Å²) < 4.78 is 0. The van der Waals surface area contributed by atoms with Crippen LogP contribution in [0.4, 0.5) is 5.69 Å². The van der Waals surface area contributed by atoms with E-state index in [9.17, 15) is 9.90 Å². The van der Waals surface area contributed by atoms with Gasteiger partial charge in [-0.25, -0.2) is 0 Å². The summed E-state index contributed by atoms with van der Waals surface area (Å²) in [6.07, 6.45) is 1.55. The van der Waals surface area contributed by atoms with Gasteiger partial charge in [0.2, 0.25) is 5.91 Å². The maximum Gasteiger partial charge on any atom is 0.227 e. The van der Waals surface area contributed by atoms with Crippen LogP contribution in [0.1, 0.15) is 24.0 Å². The van der Waals surface area contributed by atoms with Crippen LogP contribution in [-0.4, -0.2) is 29.7 Å². The Morgan fingerprint density at radius 2 is 1.83 bits per heavy atom. The number of rotatable bonds is 6. The van der Waals surface area contributed by atoms with Gasteiger partial charge in [-0.05, 0) is 36.5 Å². The van der Waals surface area contributed by atoms with Crippen LogP contribution in [0.15, 0.2) is 54.6 Å². The Hall–Kier alpha value is -2.17. The zero-order chi connectivity index (χ0) is 16.9. The number of benzene rings is 2. The van der Waals surface area contributed by atoms with Crippen molar-refractivity contribution in [3.05, 3.63) is 65.7 Å². The Kier molecular flexibility index (Phi) is 5.28. The second kappa shape index (κ2) is 7.60. The number of para-hydroxylation sites is 1. The van der Waals surface area contributed by atoms with Gasteiger partial charge in [0, 0.05) is 24.7 Å². The highest BCUT2D eigenvalue weighted by atomic mass is 16.3. The van der Waals surface area contributed by atoms with E-state index >= 15 is 0 Å². The third-order valence-corrected chi connectivity index (χ3v) is 4.65. The average Bonchev–Trinajstić information content (AvgIpc) is 3.04. The lowest BCUT2D eigenvalue weighted by molar-refractivity contribution is -0.119. The van der Waals surface area contributed by atoms with E-state index in [4.69, 9.17) is 5.73 Å². The first-order chi connectivity index (χ1) is 11.6. The van der Waals surface area contributed by atoms with Crippen LogP contribution in [0.2, 0.25) is 0 Å². The number of amides is 1. The Morgan fingerprint density at radius 3 is 2.62 bits per heavy atom. The predicted octanol–water partition coefficient (Wildman–Crippen LogP) is 2.29. The van der Waals surface area contributed by atoms with E-state index in [1.807, 2.05) is 53.4 Å². The molecule has 4 nitrogen and oxygen atoms in total. The molecule has 126 valence electrons. The van der Waals surface area contributed by atoms with E-state index in [1.54, 1.807) is 0 Å². The van der Waals surface area contributed by atoms with Crippen LogP contribution in [0.5, 0.6) is 0 Å². The number of aliphatic hydroxyl groups excluding tert-OH is 1. The molecule has 0 radical (unpaired) electrons. The van der Waals surface area contributed by atoms with Crippen molar-refractivity contribution in [2.24, 2.45) is 5.73 Å². The van der Waals surface area contributed by atoms with Crippen molar-refractivity contribution in [1.82, 2.24) is 0 Å². The molecule has 0 fully saturated rings. The number of nitrogens with two attached hydrogens (primary N) is 1. The molecular formula is C20H24N2O2. The lowest BCUT2D eigenvalue weighted by atomic mass is 9.99. The SMILES string of the molecule is N[C@@H](Cc1ccccc1)[C@@H](O)CCC(=O)N1CCc2ccccc21. The molecule has 24 heavy (non-hydrogen) atoms. The van der Waals surface area contributed by atoms with Crippen molar-refractivity contribution in [3.63, 3.8) is 0 Å². The Bertz CT molecular complexity index is 687. The fraction of sp³-hybridized carbons (Fsp3) is 0.350. The van der Waals surface area contributed by atoms with Crippen molar-refractivity contribution in [1.29, 1.82) is 0 Å². The smallest absolute Gasteiger partial charge is 0.227 e. The predicted molar refractivity (Wildman–Crippen MR) is 95.9 cm³/mol. The number of fused-ring (bicyclic) bond motifs is 1. The average molecular weight is 324 g/mol. The summed E-state index contributed by atoms with van der Waals surface area (Å²) in [5.41, 5.74) is 9.41. The summed E-state index contributed by atoms with van der Waals surface area (Å²) in [5, 5.41) is 10.3. The van der Waals surface area contributed by atoms with Crippen molar-refractivity contribution < 1.29 is 9.90 Å². The number of carbonyl (C=O) groups is 1. The molecule has 4 heteroatoms. The summed E-state index contributed by atoms with van der Waals surface area (Å²) in [7, 11) is 0. The highest BCUT2D eigenvalue weighted by Crippen LogP contribution is 2.28. The van der Waals surface area contributed by atoms with E-state index in [1.165, 1.54) is 5.56 Å². The van der Waals surface area contributed by atoms with E-state index in [2.05, 4.69) is 6.07 Å². The van der Waals surface area contributed by atoms with Crippen LogP contribution in [0.25, 0.3) is 0 Å². The molecule has 0 saturated heterocycles. The summed E-state index contributed by atoms with van der Waals surface area (Å²) in [6, 6.07) is 17.5. The summed E-state index contributed by atoms with van der Waals surface area (Å²) in [4.78, 5) is 14.3. The second-order valence-corrected chi connectivity index (χ2v) is 6.38. The molecule has 0 aromatic heterocycles. The number of nitrogens with zero attached hydrogens (tertiary/aromatic N) is 1. The minimum Gasteiger partial charge on any atom is -0.391 e. The van der Waals surface area contributed by atoms with Gasteiger partial charge in [0.25, 0.3) is 0 Å². The van der Waals surface area contributed by atoms with Crippen molar-refractivity contribution >= 4 is 11.6 Å². The molecule has 0 unspecified atom stereocenters. The van der Waals surface area contributed by atoms with Gasteiger partial charge in [0.1, 0.15) is 0 Å². The molecule has 3 N–H and O–H groups in total. The molecule has 1 heterocycles. The molecule has 1 aliphatic heterocycles. The topological polar surface area (TPSA) is 66.6 Å². The molecule has 0 bridgehead atoms. The van der Waals surface area contributed by atoms with Crippen LogP contribution >= 0.6 is 0 Å². The zero-order valence-corrected chi connectivity index (χ0v) is 13.8. The quantitative estimate of drug-likeness (QED) is 0.857. The molecule has 2 aromatic rings. The molecule has 0 aliphatic carbocycles. The van der Waals surface area contributed by atoms with Crippen LogP contribution in [0.3, 0.4) is 0 Å². The van der Waals surface area contributed by atoms with Crippen LogP contribution in [0, 0.1) is 0 Å². The number of hydrogen-bond acceptors (Lipinski definition) is 3. The first-order valence-corrected chi connectivity index (χ1v) is 8.51. The van der Waals surface area contributed by atoms with E-state index < -0.39 is 6.10 Å². The van der Waals surface area contributed by atoms with Crippen LogP contribution < -0.4 is 10.6 Å². The molecule has 0 spiro atoms. The maximum absolute atomic E-state index is 12.5. The summed E-state index contributed by atoms with van der Waals surface area (Å²) in [5.74, 6) is 0.0610. The first kappa shape index (κ1) is 16.7. The van der Waals surface area contributed by atoms with Gasteiger partial charge in [-0.1, -0.05) is 48.5 Å². The summed E-state index contributed by atoms with van der Waals surface area (Å²) >= 11 is 0. The highest BCUT2D eigenvalue weighted by Gasteiger charge is 2.25. The largest absolute Gasteiger partial charge is 0.391 e. The Morgan fingerprint density at radius 1 is 1.12 bits per heavy atom. The van der Waals surface area contributed by atoms with E-state index in [-0.39, 0.29) is 11.9 Å². The third kappa shape index (κ3) is 3.83. The molecule has 3 rings (SSSR count). The van der Waals surface area contributed by atoms with Crippen molar-refractivity contribution in [2.45, 2.75) is 37.8 Å². The second-order valence-electron chi connectivity index (χ2n) is 6.38. The fourth-order valence-electron chi connectivity index (χ4n) is 3.24. The van der Waals surface area contributed by atoms with Crippen LogP contribution in [-0.2, 0) is 17.6 Å². The van der Waals surface area contributed by atoms with Gasteiger partial charge in [0.05, 0.1) is 6.10 Å². The monoisotopic (exact) mass is 324 g/mol. The Balaban J connectivity index is 1.51. The maximum atomic E-state index is 12.5. The van der Waals surface area contributed by atoms with Gasteiger partial charge in [-0.15, -0.1) is 0 Å². The number of hydrogen-bond donors (Lipinski definition) is 2. The highest BCUT2D eigenvalue weighted by molar-refractivity contribution is 5.95. The minimum absolute atomic E-state index is 0.0610. The normalized spacial score (nSPS) is 15.8.